The van der Waals surface area contributed by atoms with E-state index in [1.165, 1.54) is 28.9 Å². The molecule has 2 aliphatic heterocycles. The van der Waals surface area contributed by atoms with Gasteiger partial charge in [0.2, 0.25) is 6.79 Å². The maximum atomic E-state index is 14.2. The Balaban J connectivity index is 1.34. The van der Waals surface area contributed by atoms with Crippen molar-refractivity contribution in [1.82, 2.24) is 23.9 Å². The summed E-state index contributed by atoms with van der Waals surface area (Å²) in [4.78, 5) is 14.8. The number of anilines is 1. The second-order valence-electron chi connectivity index (χ2n) is 9.98. The third kappa shape index (κ3) is 4.58. The Hall–Kier alpha value is -4.37. The molecule has 0 fully saturated rings. The van der Waals surface area contributed by atoms with Crippen molar-refractivity contribution in [1.29, 1.82) is 0 Å². The lowest BCUT2D eigenvalue weighted by atomic mass is 10.1. The fourth-order valence-electron chi connectivity index (χ4n) is 5.24. The second kappa shape index (κ2) is 9.87. The van der Waals surface area contributed by atoms with Crippen LogP contribution in [0.15, 0.2) is 53.7 Å². The molecule has 0 atom stereocenters. The SMILES string of the molecule is Cc1cnn(C)c1S(=O)(=O)N1CCc2c(c(C(F)(F)F)nn2-c2cccc(C(=O)N(C)c3ccc4c(c3)OCO4)c2)C1. The van der Waals surface area contributed by atoms with Crippen LogP contribution in [0, 0.1) is 6.92 Å². The van der Waals surface area contributed by atoms with Crippen LogP contribution in [-0.4, -0.2) is 58.6 Å². The van der Waals surface area contributed by atoms with Crippen LogP contribution in [-0.2, 0) is 36.2 Å². The zero-order valence-electron chi connectivity index (χ0n) is 22.7. The van der Waals surface area contributed by atoms with Crippen LogP contribution >= 0.6 is 0 Å². The molecule has 4 aromatic rings. The molecule has 0 bridgehead atoms. The molecule has 2 aromatic heterocycles. The van der Waals surface area contributed by atoms with E-state index in [1.807, 2.05) is 0 Å². The van der Waals surface area contributed by atoms with Crippen molar-refractivity contribution < 1.29 is 35.9 Å². The molecule has 2 aromatic carbocycles. The summed E-state index contributed by atoms with van der Waals surface area (Å²) in [7, 11) is -1.10. The van der Waals surface area contributed by atoms with Gasteiger partial charge in [-0.15, -0.1) is 0 Å². The number of ether oxygens (including phenoxy) is 2. The highest BCUT2D eigenvalue weighted by molar-refractivity contribution is 7.89. The van der Waals surface area contributed by atoms with E-state index in [1.54, 1.807) is 50.4 Å². The highest BCUT2D eigenvalue weighted by atomic mass is 32.2. The number of amides is 1. The van der Waals surface area contributed by atoms with Crippen molar-refractivity contribution in [3.05, 3.63) is 76.7 Å². The first-order valence-electron chi connectivity index (χ1n) is 12.8. The number of aryl methyl sites for hydroxylation is 2. The van der Waals surface area contributed by atoms with Gasteiger partial charge in [-0.05, 0) is 37.3 Å². The monoisotopic (exact) mass is 602 g/mol. The van der Waals surface area contributed by atoms with Gasteiger partial charge in [0.25, 0.3) is 15.9 Å². The Morgan fingerprint density at radius 3 is 2.57 bits per heavy atom. The molecule has 0 aliphatic carbocycles. The zero-order valence-corrected chi connectivity index (χ0v) is 23.5. The molecule has 15 heteroatoms. The summed E-state index contributed by atoms with van der Waals surface area (Å²) in [5.74, 6) is 0.655. The smallest absolute Gasteiger partial charge is 0.435 e. The minimum Gasteiger partial charge on any atom is -0.454 e. The molecule has 42 heavy (non-hydrogen) atoms. The lowest BCUT2D eigenvalue weighted by molar-refractivity contribution is -0.142. The van der Waals surface area contributed by atoms with Gasteiger partial charge in [0.05, 0.1) is 17.6 Å². The molecule has 11 nitrogen and oxygen atoms in total. The van der Waals surface area contributed by atoms with Crippen LogP contribution in [0.3, 0.4) is 0 Å². The number of aromatic nitrogens is 4. The van der Waals surface area contributed by atoms with Crippen molar-refractivity contribution in [3.63, 3.8) is 0 Å². The fourth-order valence-corrected chi connectivity index (χ4v) is 6.96. The largest absolute Gasteiger partial charge is 0.454 e. The van der Waals surface area contributed by atoms with E-state index in [4.69, 9.17) is 9.47 Å². The molecular formula is C27H25F3N6O5S. The number of fused-ring (bicyclic) bond motifs is 2. The summed E-state index contributed by atoms with van der Waals surface area (Å²) in [6.45, 7) is 1.09. The maximum absolute atomic E-state index is 14.2. The van der Waals surface area contributed by atoms with Crippen molar-refractivity contribution in [2.75, 3.05) is 25.3 Å². The van der Waals surface area contributed by atoms with Gasteiger partial charge in [-0.3, -0.25) is 9.48 Å². The van der Waals surface area contributed by atoms with E-state index in [9.17, 15) is 26.4 Å². The Kier molecular flexibility index (Phi) is 6.53. The molecule has 4 heterocycles. The summed E-state index contributed by atoms with van der Waals surface area (Å²) < 4.78 is 83.4. The van der Waals surface area contributed by atoms with E-state index in [0.717, 1.165) is 8.99 Å². The van der Waals surface area contributed by atoms with Gasteiger partial charge in [0.15, 0.2) is 22.2 Å². The third-order valence-electron chi connectivity index (χ3n) is 7.32. The number of alkyl halides is 3. The van der Waals surface area contributed by atoms with E-state index in [0.29, 0.717) is 22.7 Å². The number of halogens is 3. The first-order chi connectivity index (χ1) is 19.9. The maximum Gasteiger partial charge on any atom is 0.435 e. The van der Waals surface area contributed by atoms with Crippen molar-refractivity contribution in [2.24, 2.45) is 7.05 Å². The third-order valence-corrected chi connectivity index (χ3v) is 9.38. The number of nitrogens with zero attached hydrogens (tertiary/aromatic N) is 6. The molecule has 0 radical (unpaired) electrons. The molecule has 220 valence electrons. The van der Waals surface area contributed by atoms with Gasteiger partial charge in [0.1, 0.15) is 0 Å². The molecule has 0 saturated heterocycles. The van der Waals surface area contributed by atoms with Crippen LogP contribution in [0.25, 0.3) is 5.69 Å². The topological polar surface area (TPSA) is 112 Å². The van der Waals surface area contributed by atoms with Gasteiger partial charge in [-0.1, -0.05) is 6.07 Å². The van der Waals surface area contributed by atoms with Crippen molar-refractivity contribution >= 4 is 21.6 Å². The average Bonchev–Trinajstić information content (AvgIpc) is 3.68. The summed E-state index contributed by atoms with van der Waals surface area (Å²) in [6, 6.07) is 11.2. The normalized spacial score (nSPS) is 15.1. The molecule has 0 N–H and O–H groups in total. The van der Waals surface area contributed by atoms with Gasteiger partial charge < -0.3 is 14.4 Å². The Morgan fingerprint density at radius 2 is 1.86 bits per heavy atom. The molecule has 0 saturated carbocycles. The van der Waals surface area contributed by atoms with E-state index in [2.05, 4.69) is 10.2 Å². The number of hydrogen-bond acceptors (Lipinski definition) is 7. The van der Waals surface area contributed by atoms with E-state index in [-0.39, 0.29) is 47.3 Å². The molecule has 0 unspecified atom stereocenters. The van der Waals surface area contributed by atoms with Crippen molar-refractivity contribution in [3.8, 4) is 17.2 Å². The predicted octanol–water partition coefficient (Wildman–Crippen LogP) is 3.69. The molecule has 0 spiro atoms. The van der Waals surface area contributed by atoms with Gasteiger partial charge in [0, 0.05) is 62.0 Å². The lowest BCUT2D eigenvalue weighted by Gasteiger charge is -2.27. The van der Waals surface area contributed by atoms with E-state index < -0.39 is 34.3 Å². The number of carbonyl (C=O) groups is 1. The summed E-state index contributed by atoms with van der Waals surface area (Å²) in [5.41, 5.74) is 0.212. The van der Waals surface area contributed by atoms with Gasteiger partial charge in [-0.25, -0.2) is 13.1 Å². The number of hydrogen-bond donors (Lipinski definition) is 0. The number of sulfonamides is 1. The Morgan fingerprint density at radius 1 is 1.10 bits per heavy atom. The second-order valence-corrected chi connectivity index (χ2v) is 11.8. The van der Waals surface area contributed by atoms with Crippen LogP contribution < -0.4 is 14.4 Å². The summed E-state index contributed by atoms with van der Waals surface area (Å²) in [6.07, 6.45) is -3.47. The van der Waals surface area contributed by atoms with Crippen molar-refractivity contribution in [2.45, 2.75) is 31.1 Å². The van der Waals surface area contributed by atoms with Crippen LogP contribution in [0.5, 0.6) is 11.5 Å². The summed E-state index contributed by atoms with van der Waals surface area (Å²) in [5, 5.41) is 7.77. The first kappa shape index (κ1) is 27.8. The highest BCUT2D eigenvalue weighted by Crippen LogP contribution is 2.38. The fraction of sp³-hybridized carbons (Fsp3) is 0.296. The van der Waals surface area contributed by atoms with Gasteiger partial charge in [-0.2, -0.15) is 27.7 Å². The van der Waals surface area contributed by atoms with Gasteiger partial charge >= 0.3 is 6.18 Å². The quantitative estimate of drug-likeness (QED) is 0.343. The summed E-state index contributed by atoms with van der Waals surface area (Å²) >= 11 is 0. The first-order valence-corrected chi connectivity index (χ1v) is 14.2. The zero-order chi connectivity index (χ0) is 30.0. The molecule has 2 aliphatic rings. The highest BCUT2D eigenvalue weighted by Gasteiger charge is 2.43. The minimum atomic E-state index is -4.84. The molecule has 6 rings (SSSR count). The predicted molar refractivity (Wildman–Crippen MR) is 143 cm³/mol. The molecular weight excluding hydrogens is 577 g/mol. The Bertz CT molecular complexity index is 1810. The minimum absolute atomic E-state index is 0.0240. The standard InChI is InChI=1S/C27H25F3N6O5S/c1-16-13-31-34(3)26(16)42(38,39)35-10-9-21-20(14-35)24(27(28,29)30)32-36(21)19-6-4-5-17(11-19)25(37)33(2)18-7-8-22-23(12-18)41-15-40-22/h4-8,11-13H,9-10,14-15H2,1-3H3. The number of carbonyl (C=O) groups excluding carboxylic acids is 1. The molecule has 1 amide bonds. The van der Waals surface area contributed by atoms with Crippen LogP contribution in [0.1, 0.15) is 32.9 Å². The van der Waals surface area contributed by atoms with E-state index >= 15 is 0 Å². The Labute approximate surface area is 238 Å². The van der Waals surface area contributed by atoms with Crippen LogP contribution in [0.4, 0.5) is 18.9 Å². The lowest BCUT2D eigenvalue weighted by Crippen LogP contribution is -2.38. The average molecular weight is 603 g/mol. The number of rotatable bonds is 5. The number of benzene rings is 2. The van der Waals surface area contributed by atoms with Crippen LogP contribution in [0.2, 0.25) is 0 Å².